The van der Waals surface area contributed by atoms with Gasteiger partial charge in [0.15, 0.2) is 0 Å². The third-order valence-corrected chi connectivity index (χ3v) is 1.80. The molecule has 78 valence electrons. The second kappa shape index (κ2) is 4.05. The minimum Gasteiger partial charge on any atom is -0.308 e. The van der Waals surface area contributed by atoms with E-state index >= 15 is 0 Å². The summed E-state index contributed by atoms with van der Waals surface area (Å²) in [6.07, 6.45) is 0.219. The molecule has 2 aliphatic rings. The van der Waals surface area contributed by atoms with Crippen molar-refractivity contribution in [3.05, 3.63) is 0 Å². The first-order valence-electron chi connectivity index (χ1n) is 4.05. The molecule has 2 rings (SSSR count). The van der Waals surface area contributed by atoms with Gasteiger partial charge in [-0.2, -0.15) is 5.26 Å². The Kier molecular flexibility index (Phi) is 3.03. The van der Waals surface area contributed by atoms with Crippen LogP contribution in [0.5, 0.6) is 0 Å². The number of imide groups is 1. The third-order valence-electron chi connectivity index (χ3n) is 1.80. The van der Waals surface area contributed by atoms with Gasteiger partial charge in [-0.15, -0.1) is 0 Å². The van der Waals surface area contributed by atoms with Crippen LogP contribution in [0.1, 0.15) is 13.3 Å². The van der Waals surface area contributed by atoms with Crippen molar-refractivity contribution in [3.8, 4) is 0 Å². The number of amides is 3. The fourth-order valence-corrected chi connectivity index (χ4v) is 0.913. The van der Waals surface area contributed by atoms with Crippen LogP contribution < -0.4 is 5.32 Å². The van der Waals surface area contributed by atoms with Gasteiger partial charge in [-0.05, 0) is 0 Å². The highest BCUT2D eigenvalue weighted by atomic mass is 17.1. The van der Waals surface area contributed by atoms with Crippen molar-refractivity contribution in [3.63, 3.8) is 0 Å². The van der Waals surface area contributed by atoms with Gasteiger partial charge in [0.2, 0.25) is 0 Å². The van der Waals surface area contributed by atoms with Crippen molar-refractivity contribution in [2.75, 3.05) is 6.54 Å². The number of hydrogen-bond donors (Lipinski definition) is 2. The molecule has 0 aromatic rings. The van der Waals surface area contributed by atoms with Crippen LogP contribution in [0.25, 0.3) is 0 Å². The van der Waals surface area contributed by atoms with Crippen LogP contribution >= 0.6 is 0 Å². The molecule has 0 spiro atoms. The lowest BCUT2D eigenvalue weighted by Crippen LogP contribution is -2.26. The van der Waals surface area contributed by atoms with Gasteiger partial charge < -0.3 is 9.79 Å². The summed E-state index contributed by atoms with van der Waals surface area (Å²) in [4.78, 5) is 35.3. The van der Waals surface area contributed by atoms with Crippen LogP contribution in [0.4, 0.5) is 4.79 Å². The van der Waals surface area contributed by atoms with Crippen LogP contribution in [0.3, 0.4) is 0 Å². The van der Waals surface area contributed by atoms with Crippen molar-refractivity contribution in [2.24, 2.45) is 0 Å². The summed E-state index contributed by atoms with van der Waals surface area (Å²) < 4.78 is 0. The molecule has 7 heteroatoms. The number of carbonyl (C=O) groups excluding carboxylic acids is 3. The number of nitrogens with zero attached hydrogens (tertiary/aromatic N) is 1. The summed E-state index contributed by atoms with van der Waals surface area (Å²) in [6.45, 7) is 2.23. The zero-order valence-corrected chi connectivity index (χ0v) is 7.52. The highest BCUT2D eigenvalue weighted by molar-refractivity contribution is 6.08. The maximum absolute atomic E-state index is 10.5. The highest BCUT2D eigenvalue weighted by Crippen LogP contribution is 2.21. The fourth-order valence-electron chi connectivity index (χ4n) is 0.913. The Hall–Kier alpha value is -1.63. The van der Waals surface area contributed by atoms with E-state index in [0.29, 0.717) is 6.54 Å². The molecule has 0 aromatic heterocycles. The van der Waals surface area contributed by atoms with Crippen molar-refractivity contribution in [2.45, 2.75) is 19.4 Å². The second-order valence-electron chi connectivity index (χ2n) is 2.78. The Morgan fingerprint density at radius 1 is 1.71 bits per heavy atom. The molecular formula is C7H10N2O5. The zero-order valence-electron chi connectivity index (χ0n) is 7.52. The lowest BCUT2D eigenvalue weighted by atomic mass is 10.5. The summed E-state index contributed by atoms with van der Waals surface area (Å²) in [5, 5.41) is 9.65. The molecule has 0 saturated carbocycles. The Morgan fingerprint density at radius 3 is 2.43 bits per heavy atom. The Bertz CT molecular complexity index is 253. The van der Waals surface area contributed by atoms with Gasteiger partial charge in [0.1, 0.15) is 6.04 Å². The van der Waals surface area contributed by atoms with Crippen LogP contribution in [0, 0.1) is 0 Å². The molecule has 1 atom stereocenters. The Labute approximate surface area is 79.6 Å². The van der Waals surface area contributed by atoms with Crippen LogP contribution in [-0.2, 0) is 14.5 Å². The van der Waals surface area contributed by atoms with Gasteiger partial charge in [0, 0.05) is 6.42 Å². The molecule has 2 aliphatic heterocycles. The zero-order chi connectivity index (χ0) is 10.7. The number of hydrogen-bond acceptors (Lipinski definition) is 5. The van der Waals surface area contributed by atoms with Gasteiger partial charge in [0.25, 0.3) is 5.91 Å². The average Bonchev–Trinajstić information content (AvgIpc) is 2.92. The number of fused-ring (bicyclic) bond motifs is 1. The van der Waals surface area contributed by atoms with Crippen molar-refractivity contribution in [1.82, 2.24) is 10.2 Å². The Morgan fingerprint density at radius 2 is 2.36 bits per heavy atom. The maximum Gasteiger partial charge on any atom is 0.341 e. The molecule has 14 heavy (non-hydrogen) atoms. The monoisotopic (exact) mass is 202 g/mol. The summed E-state index contributed by atoms with van der Waals surface area (Å²) in [5.41, 5.74) is 0. The van der Waals surface area contributed by atoms with Gasteiger partial charge >= 0.3 is 12.0 Å². The topological polar surface area (TPSA) is 95.7 Å². The molecule has 0 radical (unpaired) electrons. The number of nitrogens with one attached hydrogen (secondary N) is 1. The first-order valence-corrected chi connectivity index (χ1v) is 4.05. The lowest BCUT2D eigenvalue weighted by molar-refractivity contribution is -0.233. The van der Waals surface area contributed by atoms with Crippen molar-refractivity contribution < 1.29 is 24.5 Å². The molecule has 2 N–H and O–H groups in total. The van der Waals surface area contributed by atoms with Crippen LogP contribution in [0.15, 0.2) is 0 Å². The maximum atomic E-state index is 10.5. The van der Waals surface area contributed by atoms with Crippen LogP contribution in [-0.4, -0.2) is 40.7 Å². The summed E-state index contributed by atoms with van der Waals surface area (Å²) in [5.74, 6) is -0.745. The van der Waals surface area contributed by atoms with Gasteiger partial charge in [-0.25, -0.2) is 9.59 Å². The number of rotatable bonds is 1. The van der Waals surface area contributed by atoms with E-state index in [1.54, 1.807) is 6.92 Å². The normalized spacial score (nSPS) is 21.9. The highest BCUT2D eigenvalue weighted by Gasteiger charge is 2.51. The summed E-state index contributed by atoms with van der Waals surface area (Å²) in [7, 11) is 0. The molecule has 7 nitrogen and oxygen atoms in total. The minimum absolute atomic E-state index is 0.109. The van der Waals surface area contributed by atoms with E-state index in [1.807, 2.05) is 0 Å². The van der Waals surface area contributed by atoms with Crippen molar-refractivity contribution in [1.29, 1.82) is 0 Å². The van der Waals surface area contributed by atoms with Crippen molar-refractivity contribution >= 4 is 17.9 Å². The van der Waals surface area contributed by atoms with E-state index in [4.69, 9.17) is 5.26 Å². The van der Waals surface area contributed by atoms with Crippen LogP contribution in [0.2, 0.25) is 0 Å². The SMILES string of the molecule is CCC(=O)OO.O=C1NC(=O)N2CC12. The number of urea groups is 1. The molecule has 1 unspecified atom stereocenters. The quantitative estimate of drug-likeness (QED) is 0.254. The van der Waals surface area contributed by atoms with E-state index in [9.17, 15) is 14.4 Å². The van der Waals surface area contributed by atoms with E-state index < -0.39 is 5.97 Å². The van der Waals surface area contributed by atoms with Gasteiger partial charge in [-0.1, -0.05) is 6.92 Å². The van der Waals surface area contributed by atoms with E-state index in [2.05, 4.69) is 10.2 Å². The van der Waals surface area contributed by atoms with E-state index in [1.165, 1.54) is 4.90 Å². The summed E-state index contributed by atoms with van der Waals surface area (Å²) >= 11 is 0. The predicted octanol–water partition coefficient (Wildman–Crippen LogP) is -0.667. The largest absolute Gasteiger partial charge is 0.341 e. The lowest BCUT2D eigenvalue weighted by Gasteiger charge is -1.88. The molecular weight excluding hydrogens is 192 g/mol. The fraction of sp³-hybridized carbons (Fsp3) is 0.571. The molecule has 0 bridgehead atoms. The minimum atomic E-state index is -0.602. The second-order valence-corrected chi connectivity index (χ2v) is 2.78. The van der Waals surface area contributed by atoms with Gasteiger partial charge in [0.05, 0.1) is 6.54 Å². The molecule has 2 fully saturated rings. The molecule has 2 saturated heterocycles. The first kappa shape index (κ1) is 10.5. The summed E-state index contributed by atoms with van der Waals surface area (Å²) in [6, 6.07) is -0.345. The van der Waals surface area contributed by atoms with E-state index in [-0.39, 0.29) is 24.4 Å². The number of carbonyl (C=O) groups is 3. The van der Waals surface area contributed by atoms with E-state index in [0.717, 1.165) is 0 Å². The average molecular weight is 202 g/mol. The standard InChI is InChI=1S/C4H4N2O2.C3H6O3/c7-3-2-1-6(2)4(8)5-3;1-2-3(4)6-5/h2H,1H2,(H,5,7,8);5H,2H2,1H3. The Balaban J connectivity index is 0.000000149. The predicted molar refractivity (Wildman–Crippen MR) is 43.0 cm³/mol. The molecule has 3 amide bonds. The molecule has 2 heterocycles. The smallest absolute Gasteiger partial charge is 0.308 e. The first-order chi connectivity index (χ1) is 6.60. The third kappa shape index (κ3) is 2.19. The molecule has 0 aliphatic carbocycles. The molecule has 0 aromatic carbocycles. The van der Waals surface area contributed by atoms with Gasteiger partial charge in [-0.3, -0.25) is 10.1 Å².